The Morgan fingerprint density at radius 3 is 2.70 bits per heavy atom. The summed E-state index contributed by atoms with van der Waals surface area (Å²) in [6, 6.07) is -0.389. The van der Waals surface area contributed by atoms with Gasteiger partial charge in [0, 0.05) is 0 Å². The first-order valence-electron chi connectivity index (χ1n) is 7.04. The van der Waals surface area contributed by atoms with E-state index in [2.05, 4.69) is 6.58 Å². The Morgan fingerprint density at radius 2 is 2.20 bits per heavy atom. The molecule has 5 heteroatoms. The Kier molecular flexibility index (Phi) is 5.21. The van der Waals surface area contributed by atoms with Crippen LogP contribution in [0.4, 0.5) is 4.79 Å². The van der Waals surface area contributed by atoms with E-state index < -0.39 is 23.5 Å². The van der Waals surface area contributed by atoms with Crippen LogP contribution in [0.25, 0.3) is 0 Å². The fourth-order valence-corrected chi connectivity index (χ4v) is 2.26. The molecule has 116 valence electrons. The molecule has 0 aromatic carbocycles. The van der Waals surface area contributed by atoms with Gasteiger partial charge in [0.2, 0.25) is 0 Å². The van der Waals surface area contributed by atoms with Gasteiger partial charge in [0.1, 0.15) is 11.3 Å². The first kappa shape index (κ1) is 17.0. The minimum Gasteiger partial charge on any atom is -0.444 e. The van der Waals surface area contributed by atoms with Gasteiger partial charge in [0.25, 0.3) is 0 Å². The van der Waals surface area contributed by atoms with Crippen molar-refractivity contribution >= 4 is 6.09 Å². The molecule has 1 saturated heterocycles. The number of carbonyl (C=O) groups excluding carboxylic acids is 1. The molecular weight excluding hydrogens is 258 g/mol. The van der Waals surface area contributed by atoms with Crippen LogP contribution in [0.1, 0.15) is 47.5 Å². The first-order chi connectivity index (χ1) is 9.08. The third kappa shape index (κ3) is 4.21. The average Bonchev–Trinajstić information content (AvgIpc) is 2.59. The van der Waals surface area contributed by atoms with Crippen molar-refractivity contribution in [1.82, 2.24) is 4.90 Å². The van der Waals surface area contributed by atoms with Gasteiger partial charge >= 0.3 is 6.09 Å². The van der Waals surface area contributed by atoms with Gasteiger partial charge in [-0.3, -0.25) is 4.90 Å². The molecule has 0 saturated carbocycles. The molecule has 20 heavy (non-hydrogen) atoms. The average molecular weight is 285 g/mol. The van der Waals surface area contributed by atoms with E-state index in [-0.39, 0.29) is 6.04 Å². The third-order valence-electron chi connectivity index (χ3n) is 3.22. The molecule has 0 aliphatic carbocycles. The number of nitrogens with zero attached hydrogens (tertiary/aromatic N) is 1. The molecule has 1 fully saturated rings. The highest BCUT2D eigenvalue weighted by atomic mass is 16.6. The maximum absolute atomic E-state index is 12.4. The standard InChI is InChI=1S/C15H27NO4/c1-7-8-9-12(17)11-10-19-15(5,6)16(11)13(18)20-14(2,3)4/h7,11-12,17H,1,8-10H2,2-6H3/t11-,12+/m0/s1. The molecule has 2 atom stereocenters. The summed E-state index contributed by atoms with van der Waals surface area (Å²) in [5, 5.41) is 10.3. The molecule has 5 nitrogen and oxygen atoms in total. The van der Waals surface area contributed by atoms with Crippen molar-refractivity contribution in [2.24, 2.45) is 0 Å². The van der Waals surface area contributed by atoms with Crippen molar-refractivity contribution < 1.29 is 19.4 Å². The highest BCUT2D eigenvalue weighted by Gasteiger charge is 2.48. The monoisotopic (exact) mass is 285 g/mol. The number of rotatable bonds is 4. The predicted molar refractivity (Wildman–Crippen MR) is 77.3 cm³/mol. The molecule has 1 rings (SSSR count). The van der Waals surface area contributed by atoms with E-state index in [0.29, 0.717) is 19.4 Å². The quantitative estimate of drug-likeness (QED) is 0.807. The van der Waals surface area contributed by atoms with Crippen LogP contribution in [0.15, 0.2) is 12.7 Å². The molecule has 1 N–H and O–H groups in total. The van der Waals surface area contributed by atoms with Crippen molar-refractivity contribution in [2.45, 2.75) is 70.9 Å². The maximum atomic E-state index is 12.4. The van der Waals surface area contributed by atoms with Gasteiger partial charge < -0.3 is 14.6 Å². The normalized spacial score (nSPS) is 23.5. The van der Waals surface area contributed by atoms with Gasteiger partial charge in [-0.2, -0.15) is 0 Å². The van der Waals surface area contributed by atoms with Crippen molar-refractivity contribution in [3.05, 3.63) is 12.7 Å². The second-order valence-corrected chi connectivity index (χ2v) is 6.61. The maximum Gasteiger partial charge on any atom is 0.412 e. The molecular formula is C15H27NO4. The molecule has 1 aliphatic rings. The number of allylic oxidation sites excluding steroid dienone is 1. The number of carbonyl (C=O) groups is 1. The number of hydrogen-bond donors (Lipinski definition) is 1. The van der Waals surface area contributed by atoms with Crippen LogP contribution in [0, 0.1) is 0 Å². The van der Waals surface area contributed by atoms with Gasteiger partial charge in [0.15, 0.2) is 0 Å². The lowest BCUT2D eigenvalue weighted by molar-refractivity contribution is -0.0680. The van der Waals surface area contributed by atoms with E-state index in [1.165, 1.54) is 4.90 Å². The predicted octanol–water partition coefficient (Wildman–Crippen LogP) is 2.69. The first-order valence-corrected chi connectivity index (χ1v) is 7.04. The van der Waals surface area contributed by atoms with Crippen LogP contribution in [-0.2, 0) is 9.47 Å². The zero-order chi connectivity index (χ0) is 15.6. The SMILES string of the molecule is C=CCC[C@@H](O)[C@@H]1COC(C)(C)N1C(=O)OC(C)(C)C. The number of aliphatic hydroxyl groups excluding tert-OH is 1. The summed E-state index contributed by atoms with van der Waals surface area (Å²) in [5.41, 5.74) is -1.35. The molecule has 0 aromatic heterocycles. The van der Waals surface area contributed by atoms with Gasteiger partial charge in [0.05, 0.1) is 18.8 Å². The Labute approximate surface area is 121 Å². The van der Waals surface area contributed by atoms with E-state index >= 15 is 0 Å². The summed E-state index contributed by atoms with van der Waals surface area (Å²) in [7, 11) is 0. The second-order valence-electron chi connectivity index (χ2n) is 6.61. The number of amides is 1. The number of aliphatic hydroxyl groups is 1. The molecule has 0 unspecified atom stereocenters. The zero-order valence-electron chi connectivity index (χ0n) is 13.2. The Bertz CT molecular complexity index is 359. The van der Waals surface area contributed by atoms with Gasteiger partial charge in [-0.05, 0) is 47.5 Å². The highest BCUT2D eigenvalue weighted by Crippen LogP contribution is 2.31. The lowest BCUT2D eigenvalue weighted by atomic mass is 10.0. The largest absolute Gasteiger partial charge is 0.444 e. The molecule has 0 aromatic rings. The van der Waals surface area contributed by atoms with Crippen LogP contribution in [-0.4, -0.2) is 46.2 Å². The summed E-state index contributed by atoms with van der Waals surface area (Å²) < 4.78 is 11.1. The number of hydrogen-bond acceptors (Lipinski definition) is 4. The van der Waals surface area contributed by atoms with Crippen molar-refractivity contribution in [1.29, 1.82) is 0 Å². The van der Waals surface area contributed by atoms with Crippen LogP contribution < -0.4 is 0 Å². The Balaban J connectivity index is 2.85. The van der Waals surface area contributed by atoms with Crippen LogP contribution in [0.2, 0.25) is 0 Å². The van der Waals surface area contributed by atoms with Crippen molar-refractivity contribution in [3.63, 3.8) is 0 Å². The van der Waals surface area contributed by atoms with E-state index in [0.717, 1.165) is 0 Å². The summed E-state index contributed by atoms with van der Waals surface area (Å²) >= 11 is 0. The topological polar surface area (TPSA) is 59.0 Å². The summed E-state index contributed by atoms with van der Waals surface area (Å²) in [5.74, 6) is 0. The van der Waals surface area contributed by atoms with E-state index in [1.807, 2.05) is 20.8 Å². The smallest absolute Gasteiger partial charge is 0.412 e. The minimum atomic E-state index is -0.776. The molecule has 0 radical (unpaired) electrons. The van der Waals surface area contributed by atoms with Crippen molar-refractivity contribution in [3.8, 4) is 0 Å². The second kappa shape index (κ2) is 6.14. The summed E-state index contributed by atoms with van der Waals surface area (Å²) in [6.45, 7) is 13.0. The fourth-order valence-electron chi connectivity index (χ4n) is 2.26. The molecule has 1 heterocycles. The van der Waals surface area contributed by atoms with Gasteiger partial charge in [-0.1, -0.05) is 6.08 Å². The molecule has 0 bridgehead atoms. The number of ether oxygens (including phenoxy) is 2. The van der Waals surface area contributed by atoms with Gasteiger partial charge in [-0.15, -0.1) is 6.58 Å². The lowest BCUT2D eigenvalue weighted by Gasteiger charge is -2.36. The van der Waals surface area contributed by atoms with Crippen molar-refractivity contribution in [2.75, 3.05) is 6.61 Å². The Hall–Kier alpha value is -1.07. The van der Waals surface area contributed by atoms with E-state index in [1.54, 1.807) is 19.9 Å². The summed E-state index contributed by atoms with van der Waals surface area (Å²) in [4.78, 5) is 13.9. The molecule has 1 amide bonds. The lowest BCUT2D eigenvalue weighted by Crippen LogP contribution is -2.53. The van der Waals surface area contributed by atoms with E-state index in [4.69, 9.17) is 9.47 Å². The van der Waals surface area contributed by atoms with Crippen LogP contribution in [0.3, 0.4) is 0 Å². The summed E-state index contributed by atoms with van der Waals surface area (Å²) in [6.07, 6.45) is 1.89. The van der Waals surface area contributed by atoms with E-state index in [9.17, 15) is 9.90 Å². The minimum absolute atomic E-state index is 0.310. The fraction of sp³-hybridized carbons (Fsp3) is 0.800. The highest BCUT2D eigenvalue weighted by molar-refractivity contribution is 5.69. The Morgan fingerprint density at radius 1 is 1.60 bits per heavy atom. The molecule has 1 aliphatic heterocycles. The van der Waals surface area contributed by atoms with Crippen LogP contribution >= 0.6 is 0 Å². The van der Waals surface area contributed by atoms with Gasteiger partial charge in [-0.25, -0.2) is 4.79 Å². The zero-order valence-corrected chi connectivity index (χ0v) is 13.2. The molecule has 0 spiro atoms. The van der Waals surface area contributed by atoms with Crippen LogP contribution in [0.5, 0.6) is 0 Å². The third-order valence-corrected chi connectivity index (χ3v) is 3.22.